The van der Waals surface area contributed by atoms with Gasteiger partial charge in [0.25, 0.3) is 0 Å². The van der Waals surface area contributed by atoms with Crippen LogP contribution in [-0.4, -0.2) is 42.3 Å². The molecule has 0 radical (unpaired) electrons. The molecule has 5 nitrogen and oxygen atoms in total. The first-order valence-electron chi connectivity index (χ1n) is 6.61. The van der Waals surface area contributed by atoms with E-state index in [1.165, 1.54) is 0 Å². The minimum Gasteiger partial charge on any atom is -0.378 e. The second-order valence-corrected chi connectivity index (χ2v) is 4.75. The van der Waals surface area contributed by atoms with Crippen LogP contribution < -0.4 is 10.6 Å². The molecule has 1 aliphatic rings. The molecule has 1 aromatic heterocycles. The summed E-state index contributed by atoms with van der Waals surface area (Å²) in [5.41, 5.74) is 2.78. The lowest BCUT2D eigenvalue weighted by Crippen LogP contribution is -2.45. The summed E-state index contributed by atoms with van der Waals surface area (Å²) >= 11 is 0. The molecular formula is C14H18N4O. The van der Waals surface area contributed by atoms with Gasteiger partial charge in [-0.2, -0.15) is 0 Å². The first-order valence-corrected chi connectivity index (χ1v) is 6.61. The average molecular weight is 258 g/mol. The van der Waals surface area contributed by atoms with Crippen molar-refractivity contribution in [1.29, 1.82) is 0 Å². The summed E-state index contributed by atoms with van der Waals surface area (Å²) in [7, 11) is 0. The van der Waals surface area contributed by atoms with Gasteiger partial charge in [0, 0.05) is 19.1 Å². The largest absolute Gasteiger partial charge is 0.378 e. The van der Waals surface area contributed by atoms with Crippen LogP contribution in [0.1, 0.15) is 5.69 Å². The third-order valence-corrected chi connectivity index (χ3v) is 3.26. The number of para-hydroxylation sites is 2. The molecule has 1 aromatic carbocycles. The van der Waals surface area contributed by atoms with Crippen molar-refractivity contribution >= 4 is 16.9 Å². The van der Waals surface area contributed by atoms with Gasteiger partial charge < -0.3 is 15.4 Å². The fourth-order valence-corrected chi connectivity index (χ4v) is 2.23. The fraction of sp³-hybridized carbons (Fsp3) is 0.429. The summed E-state index contributed by atoms with van der Waals surface area (Å²) in [6, 6.07) is 8.26. The second-order valence-electron chi connectivity index (χ2n) is 4.75. The van der Waals surface area contributed by atoms with E-state index in [1.807, 2.05) is 31.2 Å². The Morgan fingerprint density at radius 3 is 2.84 bits per heavy atom. The molecule has 19 heavy (non-hydrogen) atoms. The molecule has 0 aliphatic carbocycles. The summed E-state index contributed by atoms with van der Waals surface area (Å²) < 4.78 is 5.43. The second kappa shape index (κ2) is 5.50. The van der Waals surface area contributed by atoms with Gasteiger partial charge in [0.05, 0.1) is 29.9 Å². The molecule has 1 unspecified atom stereocenters. The number of anilines is 1. The Hall–Kier alpha value is -1.72. The summed E-state index contributed by atoms with van der Waals surface area (Å²) in [6.45, 7) is 5.23. The average Bonchev–Trinajstić information content (AvgIpc) is 2.46. The number of fused-ring (bicyclic) bond motifs is 1. The van der Waals surface area contributed by atoms with E-state index in [0.29, 0.717) is 6.04 Å². The molecule has 3 rings (SSSR count). The highest BCUT2D eigenvalue weighted by molar-refractivity contribution is 5.76. The van der Waals surface area contributed by atoms with E-state index in [1.54, 1.807) is 0 Å². The van der Waals surface area contributed by atoms with E-state index in [0.717, 1.165) is 48.8 Å². The molecular weight excluding hydrogens is 240 g/mol. The SMILES string of the molecule is Cc1nc2ccccc2nc1NCC1COCCN1. The van der Waals surface area contributed by atoms with E-state index in [9.17, 15) is 0 Å². The minimum atomic E-state index is 0.335. The van der Waals surface area contributed by atoms with Crippen LogP contribution in [0.3, 0.4) is 0 Å². The monoisotopic (exact) mass is 258 g/mol. The molecule has 100 valence electrons. The van der Waals surface area contributed by atoms with Gasteiger partial charge in [0.2, 0.25) is 0 Å². The highest BCUT2D eigenvalue weighted by atomic mass is 16.5. The van der Waals surface area contributed by atoms with Crippen molar-refractivity contribution in [2.45, 2.75) is 13.0 Å². The van der Waals surface area contributed by atoms with Crippen molar-refractivity contribution in [3.8, 4) is 0 Å². The normalized spacial score (nSPS) is 19.5. The van der Waals surface area contributed by atoms with Crippen LogP contribution >= 0.6 is 0 Å². The molecule has 0 amide bonds. The number of aryl methyl sites for hydroxylation is 1. The van der Waals surface area contributed by atoms with Crippen LogP contribution in [-0.2, 0) is 4.74 Å². The topological polar surface area (TPSA) is 59.1 Å². The standard InChI is InChI=1S/C14H18N4O/c1-10-14(16-8-11-9-19-7-6-15-11)18-13-5-3-2-4-12(13)17-10/h2-5,11,15H,6-9H2,1H3,(H,16,18). The molecule has 2 N–H and O–H groups in total. The molecule has 0 saturated carbocycles. The molecule has 0 spiro atoms. The van der Waals surface area contributed by atoms with Crippen LogP contribution in [0.2, 0.25) is 0 Å². The van der Waals surface area contributed by atoms with Gasteiger partial charge in [-0.3, -0.25) is 0 Å². The van der Waals surface area contributed by atoms with Crippen molar-refractivity contribution in [2.24, 2.45) is 0 Å². The smallest absolute Gasteiger partial charge is 0.148 e. The zero-order chi connectivity index (χ0) is 13.1. The number of nitrogens with zero attached hydrogens (tertiary/aromatic N) is 2. The van der Waals surface area contributed by atoms with Crippen LogP contribution in [0.25, 0.3) is 11.0 Å². The summed E-state index contributed by atoms with van der Waals surface area (Å²) in [4.78, 5) is 9.18. The molecule has 1 saturated heterocycles. The first kappa shape index (κ1) is 12.3. The number of hydrogen-bond donors (Lipinski definition) is 2. The number of ether oxygens (including phenoxy) is 1. The molecule has 1 fully saturated rings. The Bertz CT molecular complexity index is 566. The zero-order valence-electron chi connectivity index (χ0n) is 11.0. The molecule has 2 heterocycles. The molecule has 0 bridgehead atoms. The van der Waals surface area contributed by atoms with Gasteiger partial charge in [-0.25, -0.2) is 9.97 Å². The Morgan fingerprint density at radius 1 is 1.32 bits per heavy atom. The lowest BCUT2D eigenvalue weighted by Gasteiger charge is -2.24. The highest BCUT2D eigenvalue weighted by Gasteiger charge is 2.13. The predicted molar refractivity (Wildman–Crippen MR) is 75.4 cm³/mol. The van der Waals surface area contributed by atoms with Crippen molar-refractivity contribution in [2.75, 3.05) is 31.6 Å². The summed E-state index contributed by atoms with van der Waals surface area (Å²) in [6.07, 6.45) is 0. The minimum absolute atomic E-state index is 0.335. The van der Waals surface area contributed by atoms with Crippen LogP contribution in [0.15, 0.2) is 24.3 Å². The number of aromatic nitrogens is 2. The maximum absolute atomic E-state index is 5.43. The first-order chi connectivity index (χ1) is 9.33. The van der Waals surface area contributed by atoms with Crippen LogP contribution in [0.5, 0.6) is 0 Å². The van der Waals surface area contributed by atoms with Gasteiger partial charge in [0.15, 0.2) is 0 Å². The van der Waals surface area contributed by atoms with E-state index < -0.39 is 0 Å². The molecule has 5 heteroatoms. The molecule has 2 aromatic rings. The van der Waals surface area contributed by atoms with Crippen LogP contribution in [0.4, 0.5) is 5.82 Å². The Morgan fingerprint density at radius 2 is 2.11 bits per heavy atom. The van der Waals surface area contributed by atoms with E-state index in [2.05, 4.69) is 20.6 Å². The highest BCUT2D eigenvalue weighted by Crippen LogP contribution is 2.15. The Balaban J connectivity index is 1.74. The summed E-state index contributed by atoms with van der Waals surface area (Å²) in [5, 5.41) is 6.77. The van der Waals surface area contributed by atoms with Crippen molar-refractivity contribution < 1.29 is 4.74 Å². The molecule has 1 atom stereocenters. The maximum Gasteiger partial charge on any atom is 0.148 e. The quantitative estimate of drug-likeness (QED) is 0.870. The lowest BCUT2D eigenvalue weighted by atomic mass is 10.2. The Labute approximate surface area is 112 Å². The third kappa shape index (κ3) is 2.83. The van der Waals surface area contributed by atoms with Gasteiger partial charge in [-0.1, -0.05) is 12.1 Å². The number of hydrogen-bond acceptors (Lipinski definition) is 5. The van der Waals surface area contributed by atoms with E-state index in [-0.39, 0.29) is 0 Å². The van der Waals surface area contributed by atoms with Gasteiger partial charge >= 0.3 is 0 Å². The van der Waals surface area contributed by atoms with Gasteiger partial charge in [-0.05, 0) is 19.1 Å². The van der Waals surface area contributed by atoms with Crippen LogP contribution in [0, 0.1) is 6.92 Å². The summed E-state index contributed by atoms with van der Waals surface area (Å²) in [5.74, 6) is 0.853. The van der Waals surface area contributed by atoms with Crippen molar-refractivity contribution in [1.82, 2.24) is 15.3 Å². The third-order valence-electron chi connectivity index (χ3n) is 3.26. The fourth-order valence-electron chi connectivity index (χ4n) is 2.23. The Kier molecular flexibility index (Phi) is 3.57. The molecule has 1 aliphatic heterocycles. The number of morpholine rings is 1. The van der Waals surface area contributed by atoms with E-state index in [4.69, 9.17) is 4.74 Å². The number of benzene rings is 1. The van der Waals surface area contributed by atoms with Gasteiger partial charge in [0.1, 0.15) is 5.82 Å². The lowest BCUT2D eigenvalue weighted by molar-refractivity contribution is 0.0806. The predicted octanol–water partition coefficient (Wildman–Crippen LogP) is 1.34. The number of nitrogens with one attached hydrogen (secondary N) is 2. The van der Waals surface area contributed by atoms with Crippen molar-refractivity contribution in [3.05, 3.63) is 30.0 Å². The zero-order valence-corrected chi connectivity index (χ0v) is 11.0. The van der Waals surface area contributed by atoms with Gasteiger partial charge in [-0.15, -0.1) is 0 Å². The maximum atomic E-state index is 5.43. The van der Waals surface area contributed by atoms with Crippen molar-refractivity contribution in [3.63, 3.8) is 0 Å². The van der Waals surface area contributed by atoms with E-state index >= 15 is 0 Å². The number of rotatable bonds is 3.